The Balaban J connectivity index is 2.51. The number of hydrogen-bond donors (Lipinski definition) is 1. The third-order valence-electron chi connectivity index (χ3n) is 2.23. The molecule has 0 spiro atoms. The van der Waals surface area contributed by atoms with Gasteiger partial charge >= 0.3 is 0 Å². The Bertz CT molecular complexity index is 566. The molecule has 0 unspecified atom stereocenters. The number of halogens is 1. The van der Waals surface area contributed by atoms with E-state index in [9.17, 15) is 4.79 Å². The summed E-state index contributed by atoms with van der Waals surface area (Å²) in [6, 6.07) is 8.75. The average molecular weight is 248 g/mol. The van der Waals surface area contributed by atoms with Gasteiger partial charge in [-0.3, -0.25) is 4.79 Å². The predicted octanol–water partition coefficient (Wildman–Crippen LogP) is 2.20. The van der Waals surface area contributed by atoms with Crippen LogP contribution in [0.5, 0.6) is 0 Å². The molecule has 4 nitrogen and oxygen atoms in total. The normalized spacial score (nSPS) is 10.2. The molecule has 2 N–H and O–H groups in total. The molecule has 0 radical (unpaired) electrons. The number of aromatic nitrogens is 2. The maximum atomic E-state index is 11.1. The van der Waals surface area contributed by atoms with Gasteiger partial charge in [0.05, 0.1) is 5.69 Å². The van der Waals surface area contributed by atoms with Gasteiger partial charge in [-0.25, -0.2) is 9.97 Å². The lowest BCUT2D eigenvalue weighted by Gasteiger charge is -2.04. The van der Waals surface area contributed by atoms with Gasteiger partial charge in [-0.2, -0.15) is 0 Å². The molecule has 0 aliphatic rings. The first kappa shape index (κ1) is 11.5. The van der Waals surface area contributed by atoms with E-state index >= 15 is 0 Å². The average Bonchev–Trinajstić information content (AvgIpc) is 2.29. The maximum Gasteiger partial charge on any atom is 0.267 e. The summed E-state index contributed by atoms with van der Waals surface area (Å²) < 4.78 is 0. The van der Waals surface area contributed by atoms with Gasteiger partial charge in [-0.05, 0) is 25.1 Å². The SMILES string of the molecule is Cc1nc(C(N)=O)cc(-c2ccc(Cl)cc2)n1. The lowest BCUT2D eigenvalue weighted by atomic mass is 10.1. The Morgan fingerprint density at radius 3 is 2.47 bits per heavy atom. The quantitative estimate of drug-likeness (QED) is 0.885. The van der Waals surface area contributed by atoms with E-state index in [2.05, 4.69) is 9.97 Å². The van der Waals surface area contributed by atoms with Crippen molar-refractivity contribution in [2.75, 3.05) is 0 Å². The van der Waals surface area contributed by atoms with Gasteiger partial charge in [0.2, 0.25) is 0 Å². The molecule has 0 atom stereocenters. The molecule has 1 amide bonds. The van der Waals surface area contributed by atoms with Gasteiger partial charge < -0.3 is 5.73 Å². The monoisotopic (exact) mass is 247 g/mol. The van der Waals surface area contributed by atoms with Crippen molar-refractivity contribution < 1.29 is 4.79 Å². The summed E-state index contributed by atoms with van der Waals surface area (Å²) in [6.45, 7) is 1.71. The second-order valence-corrected chi connectivity index (χ2v) is 3.99. The molecule has 5 heteroatoms. The highest BCUT2D eigenvalue weighted by molar-refractivity contribution is 6.30. The molecule has 0 fully saturated rings. The molecule has 1 heterocycles. The van der Waals surface area contributed by atoms with Gasteiger partial charge in [0.25, 0.3) is 5.91 Å². The van der Waals surface area contributed by atoms with Crippen molar-refractivity contribution >= 4 is 17.5 Å². The summed E-state index contributed by atoms with van der Waals surface area (Å²) in [5.41, 5.74) is 6.93. The van der Waals surface area contributed by atoms with Crippen LogP contribution in [-0.2, 0) is 0 Å². The zero-order valence-corrected chi connectivity index (χ0v) is 9.90. The Morgan fingerprint density at radius 1 is 1.24 bits per heavy atom. The van der Waals surface area contributed by atoms with Gasteiger partial charge in [-0.15, -0.1) is 0 Å². The van der Waals surface area contributed by atoms with Gasteiger partial charge in [0.15, 0.2) is 0 Å². The van der Waals surface area contributed by atoms with Crippen LogP contribution < -0.4 is 5.73 Å². The molecule has 1 aromatic carbocycles. The number of amides is 1. The van der Waals surface area contributed by atoms with Crippen molar-refractivity contribution in [1.82, 2.24) is 9.97 Å². The van der Waals surface area contributed by atoms with Gasteiger partial charge in [-0.1, -0.05) is 23.7 Å². The molecule has 0 bridgehead atoms. The van der Waals surface area contributed by atoms with Crippen molar-refractivity contribution in [1.29, 1.82) is 0 Å². The highest BCUT2D eigenvalue weighted by atomic mass is 35.5. The standard InChI is InChI=1S/C12H10ClN3O/c1-7-15-10(6-11(16-7)12(14)17)8-2-4-9(13)5-3-8/h2-6H,1H3,(H2,14,17). The van der Waals surface area contributed by atoms with Crippen LogP contribution in [0.1, 0.15) is 16.3 Å². The number of carbonyl (C=O) groups excluding carboxylic acids is 1. The molecular formula is C12H10ClN3O. The van der Waals surface area contributed by atoms with Crippen LogP contribution in [0.15, 0.2) is 30.3 Å². The van der Waals surface area contributed by atoms with Crippen molar-refractivity contribution in [2.24, 2.45) is 5.73 Å². The molecule has 2 aromatic rings. The molecule has 0 saturated carbocycles. The van der Waals surface area contributed by atoms with Crippen LogP contribution in [0, 0.1) is 6.92 Å². The van der Waals surface area contributed by atoms with E-state index < -0.39 is 5.91 Å². The number of carbonyl (C=O) groups is 1. The number of benzene rings is 1. The summed E-state index contributed by atoms with van der Waals surface area (Å²) in [5.74, 6) is -0.0584. The number of primary amides is 1. The minimum Gasteiger partial charge on any atom is -0.364 e. The summed E-state index contributed by atoms with van der Waals surface area (Å²) in [6.07, 6.45) is 0. The fraction of sp³-hybridized carbons (Fsp3) is 0.0833. The van der Waals surface area contributed by atoms with Crippen LogP contribution in [0.4, 0.5) is 0 Å². The first-order valence-electron chi connectivity index (χ1n) is 4.97. The highest BCUT2D eigenvalue weighted by Gasteiger charge is 2.08. The second kappa shape index (κ2) is 4.51. The van der Waals surface area contributed by atoms with E-state index in [1.165, 1.54) is 0 Å². The first-order valence-corrected chi connectivity index (χ1v) is 5.35. The Labute approximate surface area is 103 Å². The Kier molecular flexibility index (Phi) is 3.06. The van der Waals surface area contributed by atoms with Crippen molar-refractivity contribution in [3.63, 3.8) is 0 Å². The number of nitrogens with zero attached hydrogens (tertiary/aromatic N) is 2. The summed E-state index contributed by atoms with van der Waals surface area (Å²) >= 11 is 5.81. The molecular weight excluding hydrogens is 238 g/mol. The number of hydrogen-bond acceptors (Lipinski definition) is 3. The third-order valence-corrected chi connectivity index (χ3v) is 2.48. The zero-order chi connectivity index (χ0) is 12.4. The third kappa shape index (κ3) is 2.60. The van der Waals surface area contributed by atoms with Crippen molar-refractivity contribution in [3.8, 4) is 11.3 Å². The Hall–Kier alpha value is -1.94. The van der Waals surface area contributed by atoms with E-state index in [4.69, 9.17) is 17.3 Å². The minimum atomic E-state index is -0.564. The van der Waals surface area contributed by atoms with Gasteiger partial charge in [0.1, 0.15) is 11.5 Å². The highest BCUT2D eigenvalue weighted by Crippen LogP contribution is 2.20. The summed E-state index contributed by atoms with van der Waals surface area (Å²) in [5, 5.41) is 0.648. The molecule has 0 saturated heterocycles. The van der Waals surface area contributed by atoms with Crippen molar-refractivity contribution in [2.45, 2.75) is 6.92 Å². The van der Waals surface area contributed by atoms with Crippen LogP contribution in [0.25, 0.3) is 11.3 Å². The molecule has 0 aliphatic carbocycles. The van der Waals surface area contributed by atoms with Crippen LogP contribution in [-0.4, -0.2) is 15.9 Å². The maximum absolute atomic E-state index is 11.1. The molecule has 86 valence electrons. The van der Waals surface area contributed by atoms with Crippen molar-refractivity contribution in [3.05, 3.63) is 46.9 Å². The van der Waals surface area contributed by atoms with E-state index in [0.717, 1.165) is 5.56 Å². The van der Waals surface area contributed by atoms with E-state index in [0.29, 0.717) is 16.5 Å². The van der Waals surface area contributed by atoms with Gasteiger partial charge in [0, 0.05) is 10.6 Å². The van der Waals surface area contributed by atoms with E-state index in [-0.39, 0.29) is 5.69 Å². The van der Waals surface area contributed by atoms with Crippen LogP contribution >= 0.6 is 11.6 Å². The smallest absolute Gasteiger partial charge is 0.267 e. The lowest BCUT2D eigenvalue weighted by molar-refractivity contribution is 0.0995. The Morgan fingerprint density at radius 2 is 1.88 bits per heavy atom. The zero-order valence-electron chi connectivity index (χ0n) is 9.14. The van der Waals surface area contributed by atoms with E-state index in [1.54, 1.807) is 25.1 Å². The summed E-state index contributed by atoms with van der Waals surface area (Å²) in [7, 11) is 0. The summed E-state index contributed by atoms with van der Waals surface area (Å²) in [4.78, 5) is 19.3. The minimum absolute atomic E-state index is 0.211. The fourth-order valence-electron chi connectivity index (χ4n) is 1.46. The number of nitrogens with two attached hydrogens (primary N) is 1. The molecule has 17 heavy (non-hydrogen) atoms. The number of rotatable bonds is 2. The topological polar surface area (TPSA) is 68.9 Å². The molecule has 2 rings (SSSR count). The van der Waals surface area contributed by atoms with Crippen LogP contribution in [0.2, 0.25) is 5.02 Å². The van der Waals surface area contributed by atoms with E-state index in [1.807, 2.05) is 12.1 Å². The first-order chi connectivity index (χ1) is 8.06. The fourth-order valence-corrected chi connectivity index (χ4v) is 1.59. The lowest BCUT2D eigenvalue weighted by Crippen LogP contribution is -2.14. The predicted molar refractivity (Wildman–Crippen MR) is 65.7 cm³/mol. The largest absolute Gasteiger partial charge is 0.364 e. The number of aryl methyl sites for hydroxylation is 1. The second-order valence-electron chi connectivity index (χ2n) is 3.56. The molecule has 1 aromatic heterocycles. The molecule has 0 aliphatic heterocycles. The van der Waals surface area contributed by atoms with Crippen LogP contribution in [0.3, 0.4) is 0 Å².